The number of halogens is 2. The monoisotopic (exact) mass is 285 g/mol. The van der Waals surface area contributed by atoms with Crippen LogP contribution < -0.4 is 5.73 Å². The number of anilines is 1. The summed E-state index contributed by atoms with van der Waals surface area (Å²) in [5, 5.41) is 0. The van der Waals surface area contributed by atoms with E-state index in [-0.39, 0.29) is 5.56 Å². The van der Waals surface area contributed by atoms with Crippen molar-refractivity contribution < 1.29 is 8.78 Å². The van der Waals surface area contributed by atoms with Gasteiger partial charge >= 0.3 is 0 Å². The van der Waals surface area contributed by atoms with Crippen molar-refractivity contribution in [1.82, 2.24) is 9.55 Å². The van der Waals surface area contributed by atoms with Gasteiger partial charge in [-0.1, -0.05) is 30.3 Å². The minimum atomic E-state index is -0.681. The van der Waals surface area contributed by atoms with Gasteiger partial charge in [-0.05, 0) is 12.1 Å². The molecule has 0 spiro atoms. The van der Waals surface area contributed by atoms with Crippen molar-refractivity contribution in [2.75, 3.05) is 5.73 Å². The zero-order valence-electron chi connectivity index (χ0n) is 11.3. The second-order valence-corrected chi connectivity index (χ2v) is 4.72. The summed E-state index contributed by atoms with van der Waals surface area (Å²) in [6.07, 6.45) is 0. The molecule has 0 bridgehead atoms. The van der Waals surface area contributed by atoms with Crippen LogP contribution in [0.2, 0.25) is 0 Å². The smallest absolute Gasteiger partial charge is 0.142 e. The molecule has 0 radical (unpaired) electrons. The normalized spacial score (nSPS) is 10.8. The molecule has 0 saturated carbocycles. The molecule has 0 fully saturated rings. The Morgan fingerprint density at radius 2 is 1.76 bits per heavy atom. The molecule has 0 aliphatic carbocycles. The van der Waals surface area contributed by atoms with Gasteiger partial charge in [0.1, 0.15) is 29.0 Å². The quantitative estimate of drug-likeness (QED) is 0.781. The third-order valence-corrected chi connectivity index (χ3v) is 3.36. The van der Waals surface area contributed by atoms with Crippen LogP contribution in [0.25, 0.3) is 22.6 Å². The van der Waals surface area contributed by atoms with E-state index >= 15 is 0 Å². The van der Waals surface area contributed by atoms with Crippen molar-refractivity contribution in [2.24, 2.45) is 7.05 Å². The van der Waals surface area contributed by atoms with Crippen molar-refractivity contribution in [3.63, 3.8) is 0 Å². The van der Waals surface area contributed by atoms with E-state index in [9.17, 15) is 8.78 Å². The van der Waals surface area contributed by atoms with Gasteiger partial charge in [-0.2, -0.15) is 0 Å². The first-order valence-corrected chi connectivity index (χ1v) is 6.41. The topological polar surface area (TPSA) is 43.8 Å². The molecule has 2 N–H and O–H groups in total. The average molecular weight is 285 g/mol. The molecule has 0 aliphatic heterocycles. The van der Waals surface area contributed by atoms with Crippen molar-refractivity contribution in [3.8, 4) is 22.6 Å². The highest BCUT2D eigenvalue weighted by molar-refractivity contribution is 5.75. The van der Waals surface area contributed by atoms with Crippen LogP contribution in [0.15, 0.2) is 48.5 Å². The van der Waals surface area contributed by atoms with Gasteiger partial charge in [0.2, 0.25) is 0 Å². The van der Waals surface area contributed by atoms with E-state index in [2.05, 4.69) is 4.98 Å². The number of nitrogens with zero attached hydrogens (tertiary/aromatic N) is 2. The number of rotatable bonds is 2. The zero-order chi connectivity index (χ0) is 15.0. The van der Waals surface area contributed by atoms with E-state index in [0.29, 0.717) is 17.3 Å². The Labute approximate surface area is 120 Å². The Kier molecular flexibility index (Phi) is 3.17. The number of imidazole rings is 1. The van der Waals surface area contributed by atoms with E-state index in [1.807, 2.05) is 30.3 Å². The molecule has 3 rings (SSSR count). The highest BCUT2D eigenvalue weighted by Crippen LogP contribution is 2.31. The Morgan fingerprint density at radius 3 is 2.43 bits per heavy atom. The van der Waals surface area contributed by atoms with Gasteiger partial charge in [0.15, 0.2) is 0 Å². The molecule has 0 unspecified atom stereocenters. The Bertz CT molecular complexity index is 795. The van der Waals surface area contributed by atoms with Gasteiger partial charge in [0, 0.05) is 24.2 Å². The average Bonchev–Trinajstić information content (AvgIpc) is 2.77. The number of aromatic nitrogens is 2. The molecule has 0 atom stereocenters. The number of benzene rings is 2. The van der Waals surface area contributed by atoms with Crippen LogP contribution in [0.5, 0.6) is 0 Å². The maximum atomic E-state index is 13.9. The molecule has 106 valence electrons. The van der Waals surface area contributed by atoms with Gasteiger partial charge in [0.05, 0.1) is 0 Å². The zero-order valence-corrected chi connectivity index (χ0v) is 11.3. The molecular weight excluding hydrogens is 272 g/mol. The molecule has 3 aromatic rings. The molecule has 0 aliphatic rings. The molecule has 5 heteroatoms. The van der Waals surface area contributed by atoms with Crippen molar-refractivity contribution >= 4 is 5.82 Å². The van der Waals surface area contributed by atoms with Gasteiger partial charge in [-0.25, -0.2) is 13.8 Å². The van der Waals surface area contributed by atoms with Crippen LogP contribution in [0.1, 0.15) is 0 Å². The van der Waals surface area contributed by atoms with Gasteiger partial charge in [-0.15, -0.1) is 0 Å². The fourth-order valence-corrected chi connectivity index (χ4v) is 2.24. The summed E-state index contributed by atoms with van der Waals surface area (Å²) in [6.45, 7) is 0. The van der Waals surface area contributed by atoms with Crippen molar-refractivity contribution in [1.29, 1.82) is 0 Å². The lowest BCUT2D eigenvalue weighted by atomic mass is 10.1. The van der Waals surface area contributed by atoms with E-state index < -0.39 is 11.6 Å². The summed E-state index contributed by atoms with van der Waals surface area (Å²) in [5.74, 6) is -0.348. The molecule has 3 nitrogen and oxygen atoms in total. The van der Waals surface area contributed by atoms with Gasteiger partial charge < -0.3 is 10.3 Å². The molecule has 0 saturated heterocycles. The maximum absolute atomic E-state index is 13.9. The number of hydrogen-bond acceptors (Lipinski definition) is 2. The SMILES string of the molecule is Cn1c(-c2ccccc2)nc(-c2ccc(F)cc2F)c1N. The molecule has 0 amide bonds. The van der Waals surface area contributed by atoms with E-state index in [1.54, 1.807) is 11.6 Å². The van der Waals surface area contributed by atoms with Gasteiger partial charge in [0.25, 0.3) is 0 Å². The van der Waals surface area contributed by atoms with Crippen LogP contribution in [0, 0.1) is 11.6 Å². The Balaban J connectivity index is 2.17. The van der Waals surface area contributed by atoms with Gasteiger partial charge in [-0.3, -0.25) is 0 Å². The largest absolute Gasteiger partial charge is 0.383 e. The fraction of sp³-hybridized carbons (Fsp3) is 0.0625. The predicted molar refractivity (Wildman–Crippen MR) is 78.4 cm³/mol. The van der Waals surface area contributed by atoms with Crippen molar-refractivity contribution in [3.05, 3.63) is 60.2 Å². The summed E-state index contributed by atoms with van der Waals surface area (Å²) in [4.78, 5) is 4.42. The van der Waals surface area contributed by atoms with Crippen molar-refractivity contribution in [2.45, 2.75) is 0 Å². The summed E-state index contributed by atoms with van der Waals surface area (Å²) in [7, 11) is 1.76. The molecule has 21 heavy (non-hydrogen) atoms. The molecule has 1 heterocycles. The summed E-state index contributed by atoms with van der Waals surface area (Å²) >= 11 is 0. The summed E-state index contributed by atoms with van der Waals surface area (Å²) < 4.78 is 28.6. The van der Waals surface area contributed by atoms with Crippen LogP contribution in [0.4, 0.5) is 14.6 Å². The lowest BCUT2D eigenvalue weighted by molar-refractivity contribution is 0.585. The van der Waals surface area contributed by atoms with Crippen LogP contribution in [0.3, 0.4) is 0 Å². The van der Waals surface area contributed by atoms with Crippen LogP contribution in [-0.2, 0) is 7.05 Å². The Morgan fingerprint density at radius 1 is 1.05 bits per heavy atom. The lowest BCUT2D eigenvalue weighted by Crippen LogP contribution is -1.99. The minimum absolute atomic E-state index is 0.187. The molecular formula is C16H13F2N3. The molecule has 1 aromatic heterocycles. The lowest BCUT2D eigenvalue weighted by Gasteiger charge is -2.03. The summed E-state index contributed by atoms with van der Waals surface area (Å²) in [6, 6.07) is 12.8. The minimum Gasteiger partial charge on any atom is -0.383 e. The number of nitrogen functional groups attached to an aromatic ring is 1. The second kappa shape index (κ2) is 5.01. The number of nitrogens with two attached hydrogens (primary N) is 1. The maximum Gasteiger partial charge on any atom is 0.142 e. The Hall–Kier alpha value is -2.69. The third-order valence-electron chi connectivity index (χ3n) is 3.36. The standard InChI is InChI=1S/C16H13F2N3/c1-21-15(19)14(12-8-7-11(17)9-13(12)18)20-16(21)10-5-3-2-4-6-10/h2-9H,19H2,1H3. The van der Waals surface area contributed by atoms with E-state index in [0.717, 1.165) is 11.6 Å². The first-order valence-electron chi connectivity index (χ1n) is 6.41. The first kappa shape index (κ1) is 13.3. The summed E-state index contributed by atoms with van der Waals surface area (Å²) in [5.41, 5.74) is 7.40. The second-order valence-electron chi connectivity index (χ2n) is 4.72. The fourth-order valence-electron chi connectivity index (χ4n) is 2.24. The predicted octanol–water partition coefficient (Wildman–Crippen LogP) is 3.61. The first-order chi connectivity index (χ1) is 10.1. The highest BCUT2D eigenvalue weighted by atomic mass is 19.1. The molecule has 2 aromatic carbocycles. The van der Waals surface area contributed by atoms with E-state index in [1.165, 1.54) is 12.1 Å². The van der Waals surface area contributed by atoms with E-state index in [4.69, 9.17) is 5.73 Å². The highest BCUT2D eigenvalue weighted by Gasteiger charge is 2.18. The number of hydrogen-bond donors (Lipinski definition) is 1. The third kappa shape index (κ3) is 2.27. The van der Waals surface area contributed by atoms with Crippen LogP contribution in [-0.4, -0.2) is 9.55 Å². The van der Waals surface area contributed by atoms with Crippen LogP contribution >= 0.6 is 0 Å².